The highest BCUT2D eigenvalue weighted by atomic mass is 32.2. The lowest BCUT2D eigenvalue weighted by atomic mass is 10.1. The first-order chi connectivity index (χ1) is 7.09. The minimum atomic E-state index is -3.12. The van der Waals surface area contributed by atoms with Crippen LogP contribution in [0.2, 0.25) is 0 Å². The van der Waals surface area contributed by atoms with Gasteiger partial charge < -0.3 is 5.32 Å². The van der Waals surface area contributed by atoms with Gasteiger partial charge in [-0.05, 0) is 25.1 Å². The molecule has 0 amide bonds. The van der Waals surface area contributed by atoms with Crippen LogP contribution in [0.1, 0.15) is 25.5 Å². The number of nitrogens with one attached hydrogen (secondary N) is 1. The zero-order valence-corrected chi connectivity index (χ0v) is 9.71. The molecule has 1 aliphatic heterocycles. The van der Waals surface area contributed by atoms with Gasteiger partial charge in [-0.1, -0.05) is 25.1 Å². The van der Waals surface area contributed by atoms with Crippen LogP contribution in [0.5, 0.6) is 0 Å². The second kappa shape index (κ2) is 3.61. The smallest absolute Gasteiger partial charge is 0.183 e. The highest BCUT2D eigenvalue weighted by Crippen LogP contribution is 2.38. The summed E-state index contributed by atoms with van der Waals surface area (Å²) in [5.74, 6) is 0. The average Bonchev–Trinajstić information content (AvgIpc) is 2.42. The van der Waals surface area contributed by atoms with Gasteiger partial charge in [0.15, 0.2) is 9.84 Å². The minimum Gasteiger partial charge on any atom is -0.309 e. The Labute approximate surface area is 90.4 Å². The Morgan fingerprint density at radius 3 is 2.67 bits per heavy atom. The molecule has 2 atom stereocenters. The third kappa shape index (κ3) is 1.48. The summed E-state index contributed by atoms with van der Waals surface area (Å²) >= 11 is 0. The molecule has 0 fully saturated rings. The largest absolute Gasteiger partial charge is 0.309 e. The maximum Gasteiger partial charge on any atom is 0.183 e. The van der Waals surface area contributed by atoms with Gasteiger partial charge in [0.2, 0.25) is 0 Å². The molecule has 0 radical (unpaired) electrons. The summed E-state index contributed by atoms with van der Waals surface area (Å²) in [4.78, 5) is 0.489. The molecule has 82 valence electrons. The Morgan fingerprint density at radius 1 is 1.33 bits per heavy atom. The Balaban J connectivity index is 2.57. The molecule has 15 heavy (non-hydrogen) atoms. The number of sulfone groups is 1. The van der Waals surface area contributed by atoms with Crippen LogP contribution in [-0.2, 0) is 9.84 Å². The molecule has 3 nitrogen and oxygen atoms in total. The van der Waals surface area contributed by atoms with Gasteiger partial charge in [-0.15, -0.1) is 0 Å². The van der Waals surface area contributed by atoms with Gasteiger partial charge in [0.1, 0.15) is 0 Å². The summed E-state index contributed by atoms with van der Waals surface area (Å²) < 4.78 is 24.1. The van der Waals surface area contributed by atoms with Gasteiger partial charge in [-0.25, -0.2) is 8.42 Å². The molecule has 1 aliphatic rings. The summed E-state index contributed by atoms with van der Waals surface area (Å²) in [5, 5.41) is 2.86. The fourth-order valence-corrected chi connectivity index (χ4v) is 3.92. The Morgan fingerprint density at radius 2 is 2.00 bits per heavy atom. The Kier molecular flexibility index (Phi) is 2.56. The topological polar surface area (TPSA) is 46.2 Å². The standard InChI is InChI=1S/C11H15NO2S/c1-3-12-11-8(2)15(13,14)10-7-5-4-6-9(10)11/h4-8,11-12H,3H2,1-2H3. The zero-order valence-electron chi connectivity index (χ0n) is 8.90. The van der Waals surface area contributed by atoms with E-state index in [9.17, 15) is 8.42 Å². The highest BCUT2D eigenvalue weighted by Gasteiger charge is 2.41. The molecule has 0 spiro atoms. The first-order valence-corrected chi connectivity index (χ1v) is 6.70. The molecular weight excluding hydrogens is 210 g/mol. The van der Waals surface area contributed by atoms with Crippen molar-refractivity contribution in [1.82, 2.24) is 5.32 Å². The Bertz CT molecular complexity index is 467. The van der Waals surface area contributed by atoms with E-state index in [1.165, 1.54) is 0 Å². The molecule has 1 N–H and O–H groups in total. The van der Waals surface area contributed by atoms with E-state index in [2.05, 4.69) is 5.32 Å². The van der Waals surface area contributed by atoms with Gasteiger partial charge in [-0.2, -0.15) is 0 Å². The van der Waals surface area contributed by atoms with E-state index in [4.69, 9.17) is 0 Å². The molecule has 0 bridgehead atoms. The van der Waals surface area contributed by atoms with Crippen molar-refractivity contribution in [3.8, 4) is 0 Å². The molecule has 1 heterocycles. The number of fused-ring (bicyclic) bond motifs is 1. The first-order valence-electron chi connectivity index (χ1n) is 5.15. The van der Waals surface area contributed by atoms with Crippen molar-refractivity contribution in [2.45, 2.75) is 30.0 Å². The lowest BCUT2D eigenvalue weighted by Gasteiger charge is -2.15. The van der Waals surface area contributed by atoms with Crippen LogP contribution in [0.15, 0.2) is 29.2 Å². The van der Waals surface area contributed by atoms with E-state index in [1.54, 1.807) is 19.1 Å². The van der Waals surface area contributed by atoms with E-state index in [-0.39, 0.29) is 11.3 Å². The number of rotatable bonds is 2. The summed E-state index contributed by atoms with van der Waals surface area (Å²) in [6.45, 7) is 4.53. The van der Waals surface area contributed by atoms with E-state index < -0.39 is 9.84 Å². The summed E-state index contributed by atoms with van der Waals surface area (Å²) in [6, 6.07) is 7.19. The molecule has 0 aromatic heterocycles. The summed E-state index contributed by atoms with van der Waals surface area (Å²) in [6.07, 6.45) is 0. The lowest BCUT2D eigenvalue weighted by molar-refractivity contribution is 0.529. The maximum absolute atomic E-state index is 12.0. The van der Waals surface area contributed by atoms with Gasteiger partial charge in [0.05, 0.1) is 16.2 Å². The molecule has 1 aromatic rings. The molecule has 2 rings (SSSR count). The van der Waals surface area contributed by atoms with E-state index >= 15 is 0 Å². The third-order valence-electron chi connectivity index (χ3n) is 2.94. The minimum absolute atomic E-state index is 0.0591. The van der Waals surface area contributed by atoms with E-state index in [0.29, 0.717) is 4.90 Å². The first kappa shape index (κ1) is 10.6. The molecule has 2 unspecified atom stereocenters. The number of hydrogen-bond donors (Lipinski definition) is 1. The van der Waals surface area contributed by atoms with Crippen molar-refractivity contribution in [1.29, 1.82) is 0 Å². The normalized spacial score (nSPS) is 27.6. The van der Waals surface area contributed by atoms with Crippen molar-refractivity contribution < 1.29 is 8.42 Å². The SMILES string of the molecule is CCNC1c2ccccc2S(=O)(=O)C1C. The van der Waals surface area contributed by atoms with Crippen LogP contribution in [0.25, 0.3) is 0 Å². The van der Waals surface area contributed by atoms with Gasteiger partial charge in [0.25, 0.3) is 0 Å². The fraction of sp³-hybridized carbons (Fsp3) is 0.455. The van der Waals surface area contributed by atoms with Gasteiger partial charge in [0, 0.05) is 0 Å². The zero-order chi connectivity index (χ0) is 11.1. The lowest BCUT2D eigenvalue weighted by Crippen LogP contribution is -2.29. The van der Waals surface area contributed by atoms with Crippen molar-refractivity contribution in [2.24, 2.45) is 0 Å². The molecule has 1 aromatic carbocycles. The highest BCUT2D eigenvalue weighted by molar-refractivity contribution is 7.92. The van der Waals surface area contributed by atoms with Crippen LogP contribution in [0.4, 0.5) is 0 Å². The molecular formula is C11H15NO2S. The van der Waals surface area contributed by atoms with Crippen LogP contribution < -0.4 is 5.32 Å². The maximum atomic E-state index is 12.0. The molecule has 4 heteroatoms. The second-order valence-corrected chi connectivity index (χ2v) is 6.10. The molecule has 0 aliphatic carbocycles. The molecule has 0 saturated heterocycles. The van der Waals surface area contributed by atoms with Crippen LogP contribution >= 0.6 is 0 Å². The molecule has 0 saturated carbocycles. The van der Waals surface area contributed by atoms with Crippen molar-refractivity contribution in [3.63, 3.8) is 0 Å². The Hall–Kier alpha value is -0.870. The average molecular weight is 225 g/mol. The quantitative estimate of drug-likeness (QED) is 0.830. The van der Waals surface area contributed by atoms with Crippen LogP contribution in [0.3, 0.4) is 0 Å². The summed E-state index contributed by atoms with van der Waals surface area (Å²) in [7, 11) is -3.12. The van der Waals surface area contributed by atoms with Crippen LogP contribution in [0, 0.1) is 0 Å². The monoisotopic (exact) mass is 225 g/mol. The second-order valence-electron chi connectivity index (χ2n) is 3.82. The van der Waals surface area contributed by atoms with Gasteiger partial charge in [-0.3, -0.25) is 0 Å². The predicted molar refractivity (Wildman–Crippen MR) is 59.5 cm³/mol. The number of hydrogen-bond acceptors (Lipinski definition) is 3. The predicted octanol–water partition coefficient (Wildman–Crippen LogP) is 1.51. The van der Waals surface area contributed by atoms with E-state index in [0.717, 1.165) is 12.1 Å². The third-order valence-corrected chi connectivity index (χ3v) is 5.18. The van der Waals surface area contributed by atoms with Crippen molar-refractivity contribution in [2.75, 3.05) is 6.54 Å². The van der Waals surface area contributed by atoms with Crippen molar-refractivity contribution in [3.05, 3.63) is 29.8 Å². The van der Waals surface area contributed by atoms with E-state index in [1.807, 2.05) is 19.1 Å². The van der Waals surface area contributed by atoms with Crippen LogP contribution in [-0.4, -0.2) is 20.2 Å². The summed E-state index contributed by atoms with van der Waals surface area (Å²) in [5.41, 5.74) is 0.909. The number of benzene rings is 1. The van der Waals surface area contributed by atoms with Crippen molar-refractivity contribution >= 4 is 9.84 Å². The van der Waals surface area contributed by atoms with Gasteiger partial charge >= 0.3 is 0 Å². The fourth-order valence-electron chi connectivity index (χ4n) is 2.12.